The molecule has 0 fully saturated rings. The lowest BCUT2D eigenvalue weighted by Gasteiger charge is -2.16. The second-order valence-corrected chi connectivity index (χ2v) is 5.99. The second kappa shape index (κ2) is 9.31. The van der Waals surface area contributed by atoms with Gasteiger partial charge in [-0.25, -0.2) is 0 Å². The van der Waals surface area contributed by atoms with Gasteiger partial charge in [0.15, 0.2) is 0 Å². The maximum absolute atomic E-state index is 12.2. The monoisotopic (exact) mass is 379 g/mol. The minimum atomic E-state index is -0.845. The van der Waals surface area contributed by atoms with Crippen molar-refractivity contribution in [2.24, 2.45) is 0 Å². The summed E-state index contributed by atoms with van der Waals surface area (Å²) in [5, 5.41) is 13.6. The molecule has 2 aromatic rings. The van der Waals surface area contributed by atoms with E-state index in [1.807, 2.05) is 0 Å². The van der Waals surface area contributed by atoms with Crippen molar-refractivity contribution in [2.75, 3.05) is 26.6 Å². The molecule has 1 amide bonds. The third kappa shape index (κ3) is 5.03. The van der Waals surface area contributed by atoms with Gasteiger partial charge in [0.1, 0.15) is 17.2 Å². The molecular weight excluding hydrogens is 358 g/mol. The van der Waals surface area contributed by atoms with Crippen molar-refractivity contribution < 1.29 is 24.1 Å². The first-order chi connectivity index (χ1) is 12.5. The van der Waals surface area contributed by atoms with Crippen LogP contribution in [0.2, 0.25) is 5.02 Å². The van der Waals surface area contributed by atoms with Crippen molar-refractivity contribution in [3.05, 3.63) is 47.0 Å². The van der Waals surface area contributed by atoms with E-state index in [4.69, 9.17) is 25.8 Å². The quantitative estimate of drug-likeness (QED) is 0.729. The average molecular weight is 380 g/mol. The van der Waals surface area contributed by atoms with E-state index in [9.17, 15) is 9.90 Å². The van der Waals surface area contributed by atoms with Crippen molar-refractivity contribution in [2.45, 2.75) is 18.9 Å². The van der Waals surface area contributed by atoms with Gasteiger partial charge in [-0.05, 0) is 36.8 Å². The molecule has 26 heavy (non-hydrogen) atoms. The highest BCUT2D eigenvalue weighted by molar-refractivity contribution is 6.31. The zero-order chi connectivity index (χ0) is 19.1. The van der Waals surface area contributed by atoms with Gasteiger partial charge in [0, 0.05) is 23.1 Å². The number of hydrogen-bond acceptors (Lipinski definition) is 5. The van der Waals surface area contributed by atoms with Crippen LogP contribution >= 0.6 is 11.6 Å². The fourth-order valence-electron chi connectivity index (χ4n) is 2.51. The van der Waals surface area contributed by atoms with Crippen molar-refractivity contribution in [1.82, 2.24) is 0 Å². The number of aliphatic hydroxyl groups is 1. The topological polar surface area (TPSA) is 77.0 Å². The summed E-state index contributed by atoms with van der Waals surface area (Å²) in [5.74, 6) is 1.40. The minimum absolute atomic E-state index is 0.117. The summed E-state index contributed by atoms with van der Waals surface area (Å²) in [4.78, 5) is 12.2. The van der Waals surface area contributed by atoms with Crippen LogP contribution in [0.5, 0.6) is 17.2 Å². The Morgan fingerprint density at radius 3 is 2.46 bits per heavy atom. The fraction of sp³-hybridized carbons (Fsp3) is 0.316. The molecule has 0 saturated heterocycles. The SMILES string of the molecule is COc1ccc(C(O)CCC(=O)Nc2cc(Cl)ccc2OC)c(OC)c1. The largest absolute Gasteiger partial charge is 0.497 e. The van der Waals surface area contributed by atoms with Crippen LogP contribution in [-0.2, 0) is 4.79 Å². The summed E-state index contributed by atoms with van der Waals surface area (Å²) in [6.07, 6.45) is -0.494. The molecule has 0 aliphatic heterocycles. The van der Waals surface area contributed by atoms with Crippen LogP contribution in [0, 0.1) is 0 Å². The van der Waals surface area contributed by atoms with E-state index in [2.05, 4.69) is 5.32 Å². The van der Waals surface area contributed by atoms with Crippen LogP contribution in [0.3, 0.4) is 0 Å². The smallest absolute Gasteiger partial charge is 0.224 e. The van der Waals surface area contributed by atoms with Gasteiger partial charge in [0.25, 0.3) is 0 Å². The molecule has 1 atom stereocenters. The van der Waals surface area contributed by atoms with Crippen LogP contribution in [0.1, 0.15) is 24.5 Å². The summed E-state index contributed by atoms with van der Waals surface area (Å²) in [7, 11) is 4.58. The number of methoxy groups -OCH3 is 3. The highest BCUT2D eigenvalue weighted by atomic mass is 35.5. The Morgan fingerprint density at radius 1 is 1.08 bits per heavy atom. The predicted octanol–water partition coefficient (Wildman–Crippen LogP) is 3.82. The Morgan fingerprint density at radius 2 is 1.81 bits per heavy atom. The van der Waals surface area contributed by atoms with Gasteiger partial charge >= 0.3 is 0 Å². The Balaban J connectivity index is 2.00. The maximum Gasteiger partial charge on any atom is 0.224 e. The summed E-state index contributed by atoms with van der Waals surface area (Å²) in [6, 6.07) is 10.1. The summed E-state index contributed by atoms with van der Waals surface area (Å²) in [6.45, 7) is 0. The van der Waals surface area contributed by atoms with Gasteiger partial charge in [-0.2, -0.15) is 0 Å². The van der Waals surface area contributed by atoms with Gasteiger partial charge in [0.05, 0.1) is 33.1 Å². The molecule has 0 aliphatic carbocycles. The van der Waals surface area contributed by atoms with E-state index >= 15 is 0 Å². The number of carbonyl (C=O) groups is 1. The molecule has 0 heterocycles. The zero-order valence-electron chi connectivity index (χ0n) is 14.9. The normalized spacial score (nSPS) is 11.6. The van der Waals surface area contributed by atoms with Crippen LogP contribution in [-0.4, -0.2) is 32.3 Å². The predicted molar refractivity (Wildman–Crippen MR) is 100 cm³/mol. The van der Waals surface area contributed by atoms with Gasteiger partial charge in [-0.15, -0.1) is 0 Å². The first-order valence-electron chi connectivity index (χ1n) is 8.01. The van der Waals surface area contributed by atoms with Crippen LogP contribution in [0.15, 0.2) is 36.4 Å². The Labute approximate surface area is 157 Å². The molecule has 2 aromatic carbocycles. The molecule has 6 nitrogen and oxygen atoms in total. The van der Waals surface area contributed by atoms with Crippen molar-refractivity contribution >= 4 is 23.2 Å². The number of nitrogens with one attached hydrogen (secondary N) is 1. The molecule has 1 unspecified atom stereocenters. The van der Waals surface area contributed by atoms with E-state index in [-0.39, 0.29) is 18.7 Å². The molecule has 0 bridgehead atoms. The number of amides is 1. The molecule has 140 valence electrons. The number of halogens is 1. The lowest BCUT2D eigenvalue weighted by atomic mass is 10.0. The first kappa shape index (κ1) is 19.9. The molecule has 0 radical (unpaired) electrons. The summed E-state index contributed by atoms with van der Waals surface area (Å²) in [5.41, 5.74) is 1.09. The lowest BCUT2D eigenvalue weighted by molar-refractivity contribution is -0.116. The molecular formula is C19H22ClNO5. The summed E-state index contributed by atoms with van der Waals surface area (Å²) >= 11 is 5.95. The third-order valence-corrected chi connectivity index (χ3v) is 4.12. The van der Waals surface area contributed by atoms with E-state index in [1.54, 1.807) is 43.5 Å². The number of anilines is 1. The van der Waals surface area contributed by atoms with Gasteiger partial charge in [0.2, 0.25) is 5.91 Å². The van der Waals surface area contributed by atoms with E-state index in [1.165, 1.54) is 14.2 Å². The lowest BCUT2D eigenvalue weighted by Crippen LogP contribution is -2.14. The minimum Gasteiger partial charge on any atom is -0.497 e. The standard InChI is InChI=1S/C19H22ClNO5/c1-24-13-5-6-14(18(11-13)26-3)16(22)7-9-19(23)21-15-10-12(20)4-8-17(15)25-2/h4-6,8,10-11,16,22H,7,9H2,1-3H3,(H,21,23). The molecule has 2 rings (SSSR count). The number of ether oxygens (including phenoxy) is 3. The van der Waals surface area contributed by atoms with Crippen molar-refractivity contribution in [3.63, 3.8) is 0 Å². The zero-order valence-corrected chi connectivity index (χ0v) is 15.7. The molecule has 0 aliphatic rings. The number of carbonyl (C=O) groups excluding carboxylic acids is 1. The first-order valence-corrected chi connectivity index (χ1v) is 8.39. The van der Waals surface area contributed by atoms with Crippen LogP contribution < -0.4 is 19.5 Å². The average Bonchev–Trinajstić information content (AvgIpc) is 2.65. The molecule has 0 aromatic heterocycles. The number of aliphatic hydroxyl groups excluding tert-OH is 1. The van der Waals surface area contributed by atoms with Crippen LogP contribution in [0.4, 0.5) is 5.69 Å². The van der Waals surface area contributed by atoms with E-state index in [0.717, 1.165) is 0 Å². The molecule has 2 N–H and O–H groups in total. The van der Waals surface area contributed by atoms with Gasteiger partial charge in [-0.3, -0.25) is 4.79 Å². The maximum atomic E-state index is 12.2. The van der Waals surface area contributed by atoms with Crippen LogP contribution in [0.25, 0.3) is 0 Å². The molecule has 7 heteroatoms. The molecule has 0 saturated carbocycles. The highest BCUT2D eigenvalue weighted by Crippen LogP contribution is 2.32. The van der Waals surface area contributed by atoms with Gasteiger partial charge in [-0.1, -0.05) is 11.6 Å². The van der Waals surface area contributed by atoms with Gasteiger partial charge < -0.3 is 24.6 Å². The van der Waals surface area contributed by atoms with E-state index in [0.29, 0.717) is 33.5 Å². The van der Waals surface area contributed by atoms with E-state index < -0.39 is 6.10 Å². The van der Waals surface area contributed by atoms with Crippen molar-refractivity contribution in [1.29, 1.82) is 0 Å². The Kier molecular flexibility index (Phi) is 7.12. The second-order valence-electron chi connectivity index (χ2n) is 5.56. The fourth-order valence-corrected chi connectivity index (χ4v) is 2.68. The Hall–Kier alpha value is -2.44. The summed E-state index contributed by atoms with van der Waals surface area (Å²) < 4.78 is 15.6. The number of rotatable bonds is 8. The highest BCUT2D eigenvalue weighted by Gasteiger charge is 2.16. The Bertz CT molecular complexity index is 766. The third-order valence-electron chi connectivity index (χ3n) is 3.88. The van der Waals surface area contributed by atoms with Crippen molar-refractivity contribution in [3.8, 4) is 17.2 Å². The molecule has 0 spiro atoms. The number of hydrogen-bond donors (Lipinski definition) is 2. The number of benzene rings is 2.